The summed E-state index contributed by atoms with van der Waals surface area (Å²) in [4.78, 5) is 26.4. The molecule has 7 aromatic rings. The second kappa shape index (κ2) is 23.1. The maximum absolute atomic E-state index is 11.9. The van der Waals surface area contributed by atoms with Gasteiger partial charge in [0.2, 0.25) is 18.3 Å². The van der Waals surface area contributed by atoms with Gasteiger partial charge in [0.05, 0.1) is 18.3 Å². The van der Waals surface area contributed by atoms with Crippen molar-refractivity contribution in [2.75, 3.05) is 0 Å². The van der Waals surface area contributed by atoms with Gasteiger partial charge in [0.25, 0.3) is 0 Å². The van der Waals surface area contributed by atoms with Crippen molar-refractivity contribution in [2.24, 2.45) is 0 Å². The topological polar surface area (TPSA) is 227 Å². The van der Waals surface area contributed by atoms with Gasteiger partial charge >= 0.3 is 15.0 Å². The fourth-order valence-corrected chi connectivity index (χ4v) is 10.2. The standard InChI is InChI=1S/C22H17ClINO5.2C16H14ClNO4.CH4/c23-22(25(27)28)20(26)16-8-4-5-9-18(16)30-21(22)15-10-11-19(17(24)12-15)29-13-14-6-2-1-3-7-14;2*1-10-6-8-11(9-7-10)15-16(17,18(20)21)14(19)12-4-2-3-5-13(12)22-15;/h1-12,20-21,26H,13H2;2*2-9,14-15,19H,1H3;1H4/t20-,21-,22+;2*14-,15-,16+;/m000./s1. The van der Waals surface area contributed by atoms with Crippen molar-refractivity contribution in [3.05, 3.63) is 254 Å². The first-order valence-corrected chi connectivity index (χ1v) is 24.9. The highest BCUT2D eigenvalue weighted by Gasteiger charge is 2.64. The number of aryl methyl sites for hydroxylation is 2. The summed E-state index contributed by atoms with van der Waals surface area (Å²) in [7, 11) is 0. The van der Waals surface area contributed by atoms with Gasteiger partial charge in [-0.15, -0.1) is 0 Å². The zero-order valence-corrected chi connectivity index (χ0v) is 43.5. The summed E-state index contributed by atoms with van der Waals surface area (Å²) >= 11 is 21.0. The summed E-state index contributed by atoms with van der Waals surface area (Å²) in [6.07, 6.45) is -7.84. The summed E-state index contributed by atoms with van der Waals surface area (Å²) in [5.41, 5.74) is 5.56. The molecule has 20 heteroatoms. The lowest BCUT2D eigenvalue weighted by Gasteiger charge is -2.37. The molecule has 10 rings (SSSR count). The fourth-order valence-electron chi connectivity index (χ4n) is 8.66. The van der Waals surface area contributed by atoms with E-state index in [0.29, 0.717) is 57.4 Å². The molecule has 9 atom stereocenters. The van der Waals surface area contributed by atoms with E-state index in [0.717, 1.165) is 20.3 Å². The van der Waals surface area contributed by atoms with Crippen LogP contribution in [0.1, 0.15) is 94.1 Å². The Kier molecular flexibility index (Phi) is 17.3. The van der Waals surface area contributed by atoms with Crippen LogP contribution >= 0.6 is 57.4 Å². The summed E-state index contributed by atoms with van der Waals surface area (Å²) < 4.78 is 24.1. The molecule has 0 fully saturated rings. The fraction of sp³-hybridized carbons (Fsp3) is 0.236. The number of hydrogen-bond donors (Lipinski definition) is 3. The van der Waals surface area contributed by atoms with Crippen LogP contribution in [-0.4, -0.2) is 45.1 Å². The van der Waals surface area contributed by atoms with Crippen LogP contribution in [0.2, 0.25) is 0 Å². The lowest BCUT2D eigenvalue weighted by Crippen LogP contribution is -2.49. The number of nitro groups is 3. The van der Waals surface area contributed by atoms with Crippen LogP contribution in [0, 0.1) is 47.8 Å². The van der Waals surface area contributed by atoms with Crippen molar-refractivity contribution in [1.29, 1.82) is 0 Å². The summed E-state index contributed by atoms with van der Waals surface area (Å²) in [5, 5.41) is 66.8. The number of fused-ring (bicyclic) bond motifs is 3. The Morgan fingerprint density at radius 3 is 1.17 bits per heavy atom. The van der Waals surface area contributed by atoms with E-state index in [2.05, 4.69) is 22.6 Å². The van der Waals surface area contributed by atoms with E-state index in [1.54, 1.807) is 115 Å². The Morgan fingerprint density at radius 2 is 0.827 bits per heavy atom. The monoisotopic (exact) mass is 1190 g/mol. The molecule has 0 amide bonds. The minimum Gasteiger partial charge on any atom is -0.488 e. The van der Waals surface area contributed by atoms with E-state index in [1.807, 2.05) is 68.4 Å². The number of benzene rings is 7. The number of hydrogen-bond acceptors (Lipinski definition) is 13. The molecule has 0 unspecified atom stereocenters. The normalized spacial score (nSPS) is 24.8. The Labute approximate surface area is 459 Å². The lowest BCUT2D eigenvalue weighted by molar-refractivity contribution is -0.570. The van der Waals surface area contributed by atoms with E-state index in [1.165, 1.54) is 0 Å². The smallest absolute Gasteiger partial charge is 0.364 e. The third kappa shape index (κ3) is 10.9. The molecular weight excluding hydrogens is 1140 g/mol. The largest absolute Gasteiger partial charge is 0.488 e. The number of ether oxygens (including phenoxy) is 4. The van der Waals surface area contributed by atoms with Crippen molar-refractivity contribution in [3.63, 3.8) is 0 Å². The van der Waals surface area contributed by atoms with E-state index >= 15 is 0 Å². The number of rotatable bonds is 9. The van der Waals surface area contributed by atoms with Gasteiger partial charge in [-0.25, -0.2) is 0 Å². The van der Waals surface area contributed by atoms with Crippen LogP contribution in [0.4, 0.5) is 0 Å². The molecule has 390 valence electrons. The van der Waals surface area contributed by atoms with Crippen molar-refractivity contribution in [3.8, 4) is 23.0 Å². The van der Waals surface area contributed by atoms with Crippen LogP contribution in [-0.2, 0) is 6.61 Å². The van der Waals surface area contributed by atoms with Crippen molar-refractivity contribution < 1.29 is 49.0 Å². The van der Waals surface area contributed by atoms with Gasteiger partial charge < -0.3 is 34.3 Å². The highest BCUT2D eigenvalue weighted by Crippen LogP contribution is 2.54. The van der Waals surface area contributed by atoms with Crippen LogP contribution in [0.15, 0.2) is 170 Å². The third-order valence-electron chi connectivity index (χ3n) is 12.7. The molecule has 0 radical (unpaired) electrons. The first-order valence-electron chi connectivity index (χ1n) is 22.7. The van der Waals surface area contributed by atoms with E-state index in [-0.39, 0.29) is 13.0 Å². The molecule has 3 heterocycles. The molecule has 3 aliphatic rings. The minimum atomic E-state index is -2.26. The Bertz CT molecular complexity index is 3060. The lowest BCUT2D eigenvalue weighted by atomic mass is 9.89. The average Bonchev–Trinajstić information content (AvgIpc) is 3.41. The summed E-state index contributed by atoms with van der Waals surface area (Å²) in [6.45, 7) is 4.23. The molecule has 0 aromatic heterocycles. The van der Waals surface area contributed by atoms with Crippen LogP contribution in [0.3, 0.4) is 0 Å². The van der Waals surface area contributed by atoms with Gasteiger partial charge in [-0.2, -0.15) is 0 Å². The predicted molar refractivity (Wildman–Crippen MR) is 290 cm³/mol. The molecule has 16 nitrogen and oxygen atoms in total. The molecule has 0 saturated heterocycles. The second-order valence-electron chi connectivity index (χ2n) is 17.6. The van der Waals surface area contributed by atoms with E-state index in [4.69, 9.17) is 53.8 Å². The van der Waals surface area contributed by atoms with E-state index < -0.39 is 66.4 Å². The maximum Gasteiger partial charge on any atom is 0.364 e. The van der Waals surface area contributed by atoms with Gasteiger partial charge in [0, 0.05) is 33.4 Å². The first-order chi connectivity index (χ1) is 35.3. The summed E-state index contributed by atoms with van der Waals surface area (Å²) in [6, 6.07) is 49.0. The third-order valence-corrected chi connectivity index (χ3v) is 15.2. The summed E-state index contributed by atoms with van der Waals surface area (Å²) in [5.74, 6) is 1.81. The number of halogens is 4. The van der Waals surface area contributed by atoms with E-state index in [9.17, 15) is 45.7 Å². The molecule has 75 heavy (non-hydrogen) atoms. The van der Waals surface area contributed by atoms with Crippen molar-refractivity contribution in [2.45, 2.75) is 79.5 Å². The second-order valence-corrected chi connectivity index (χ2v) is 20.5. The molecule has 7 aromatic carbocycles. The number of aliphatic hydroxyl groups excluding tert-OH is 3. The molecular formula is C55H49Cl3IN3O13. The number of para-hydroxylation sites is 3. The van der Waals surface area contributed by atoms with Crippen molar-refractivity contribution >= 4 is 57.4 Å². The average molecular weight is 1190 g/mol. The minimum absolute atomic E-state index is 0. The number of alkyl halides is 3. The Hall–Kier alpha value is -6.58. The molecule has 0 bridgehead atoms. The van der Waals surface area contributed by atoms with Crippen LogP contribution in [0.5, 0.6) is 23.0 Å². The highest BCUT2D eigenvalue weighted by atomic mass is 127. The van der Waals surface area contributed by atoms with Gasteiger partial charge in [0.15, 0.2) is 18.3 Å². The predicted octanol–water partition coefficient (Wildman–Crippen LogP) is 12.6. The first kappa shape index (κ1) is 56.2. The Morgan fingerprint density at radius 1 is 0.507 bits per heavy atom. The number of aliphatic hydroxyl groups is 3. The number of nitrogens with zero attached hydrogens (tertiary/aromatic N) is 3. The Balaban J connectivity index is 0.000000166. The molecule has 0 spiro atoms. The molecule has 0 aliphatic carbocycles. The zero-order valence-electron chi connectivity index (χ0n) is 39.1. The van der Waals surface area contributed by atoms with Crippen molar-refractivity contribution in [1.82, 2.24) is 0 Å². The van der Waals surface area contributed by atoms with Gasteiger partial charge in [-0.05, 0) is 107 Å². The quantitative estimate of drug-likeness (QED) is 0.0402. The van der Waals surface area contributed by atoms with Gasteiger partial charge in [-0.3, -0.25) is 30.3 Å². The van der Waals surface area contributed by atoms with Gasteiger partial charge in [0.1, 0.15) is 29.6 Å². The highest BCUT2D eigenvalue weighted by molar-refractivity contribution is 14.1. The van der Waals surface area contributed by atoms with Crippen LogP contribution in [0.25, 0.3) is 0 Å². The molecule has 0 saturated carbocycles. The maximum atomic E-state index is 11.9. The SMILES string of the molecule is C.Cc1ccc([C@@H]2Oc3ccccc3[C@H](O)[C@@]2(Cl)[N+](=O)[O-])cc1.Cc1ccc([C@@H]2Oc3ccccc3[C@H](O)[C@@]2(Cl)[N+](=O)[O-])cc1.O=[N+]([O-])[C@]1(Cl)[C@@H](O)c2ccccc2O[C@H]1c1ccc(OCc2ccccc2)c(I)c1. The molecule has 3 N–H and O–H groups in total. The van der Waals surface area contributed by atoms with Crippen LogP contribution < -0.4 is 18.9 Å². The van der Waals surface area contributed by atoms with Gasteiger partial charge in [-0.1, -0.05) is 158 Å². The zero-order chi connectivity index (χ0) is 53.1. The molecule has 3 aliphatic heterocycles.